The summed E-state index contributed by atoms with van der Waals surface area (Å²) in [4.78, 5) is 44.9. The highest BCUT2D eigenvalue weighted by atomic mass is 32.2. The van der Waals surface area contributed by atoms with E-state index < -0.39 is 43.2 Å². The summed E-state index contributed by atoms with van der Waals surface area (Å²) >= 11 is 0. The molecule has 0 bridgehead atoms. The lowest BCUT2D eigenvalue weighted by atomic mass is 10.1. The van der Waals surface area contributed by atoms with Crippen molar-refractivity contribution in [2.24, 2.45) is 12.8 Å². The Balaban J connectivity index is 0.000000499. The summed E-state index contributed by atoms with van der Waals surface area (Å²) in [5.74, 6) is 0.706. The molecule has 2 aromatic heterocycles. The highest BCUT2D eigenvalue weighted by molar-refractivity contribution is 7.89. The van der Waals surface area contributed by atoms with Gasteiger partial charge in [-0.25, -0.2) is 13.4 Å². The zero-order valence-electron chi connectivity index (χ0n) is 26.9. The number of hydrogen-bond donors (Lipinski definition) is 7. The van der Waals surface area contributed by atoms with Gasteiger partial charge < -0.3 is 55.3 Å². The predicted octanol–water partition coefficient (Wildman–Crippen LogP) is -2.49. The van der Waals surface area contributed by atoms with Crippen LogP contribution in [0.4, 0.5) is 0 Å². The van der Waals surface area contributed by atoms with Crippen LogP contribution in [0, 0.1) is 0 Å². The Morgan fingerprint density at radius 2 is 1.68 bits per heavy atom. The summed E-state index contributed by atoms with van der Waals surface area (Å²) in [6.45, 7) is 7.75. The van der Waals surface area contributed by atoms with Gasteiger partial charge >= 0.3 is 0 Å². The SMILES string of the molecule is CCCc1nn(C)c2c(=O)[nH]c(-c3cc(S(=O)(=O)N4C[C@@H](C)N[C@@H](C)C4)ccc3OCC)nc12.NC(CO)(CO)CO.O=P([O-])([O-])O. The minimum Gasteiger partial charge on any atom is -0.790 e. The molecule has 18 nitrogen and oxygen atoms in total. The first kappa shape index (κ1) is 40.4. The molecule has 3 aromatic rings. The predicted molar refractivity (Wildman–Crippen MR) is 169 cm³/mol. The molecule has 1 aromatic carbocycles. The molecular weight excluding hydrogens is 661 g/mol. The third-order valence-corrected chi connectivity index (χ3v) is 8.69. The van der Waals surface area contributed by atoms with Crippen molar-refractivity contribution in [3.8, 4) is 17.1 Å². The number of sulfonamides is 1. The summed E-state index contributed by atoms with van der Waals surface area (Å²) in [7, 11) is -7.18. The van der Waals surface area contributed by atoms with E-state index in [2.05, 4.69) is 15.4 Å². The van der Waals surface area contributed by atoms with Gasteiger partial charge in [0, 0.05) is 32.2 Å². The fourth-order valence-electron chi connectivity index (χ4n) is 4.69. The number of aliphatic hydroxyl groups is 3. The van der Waals surface area contributed by atoms with E-state index in [1.54, 1.807) is 19.2 Å². The Hall–Kier alpha value is -2.81. The summed E-state index contributed by atoms with van der Waals surface area (Å²) in [5, 5.41) is 32.8. The molecule has 1 fully saturated rings. The van der Waals surface area contributed by atoms with E-state index in [9.17, 15) is 13.2 Å². The van der Waals surface area contributed by atoms with Gasteiger partial charge in [0.05, 0.1) is 55.9 Å². The molecule has 1 aliphatic rings. The number of H-pyrrole nitrogens is 1. The summed E-state index contributed by atoms with van der Waals surface area (Å²) in [6, 6.07) is 4.80. The van der Waals surface area contributed by atoms with Gasteiger partial charge in [-0.05, 0) is 45.4 Å². The van der Waals surface area contributed by atoms with Gasteiger partial charge in [0.15, 0.2) is 5.52 Å². The number of aliphatic hydroxyl groups excluding tert-OH is 3. The number of ether oxygens (including phenoxy) is 1. The van der Waals surface area contributed by atoms with Gasteiger partial charge in [0.2, 0.25) is 10.0 Å². The lowest BCUT2D eigenvalue weighted by molar-refractivity contribution is -0.337. The molecule has 0 spiro atoms. The quantitative estimate of drug-likeness (QED) is 0.107. The second kappa shape index (κ2) is 17.0. The molecule has 2 atom stereocenters. The first-order chi connectivity index (χ1) is 21.8. The van der Waals surface area contributed by atoms with Crippen LogP contribution in [-0.4, -0.2) is 110 Å². The Labute approximate surface area is 272 Å². The smallest absolute Gasteiger partial charge is 0.277 e. The maximum atomic E-state index is 13.5. The van der Waals surface area contributed by atoms with Crippen molar-refractivity contribution < 1.29 is 47.7 Å². The molecule has 0 unspecified atom stereocenters. The normalized spacial score (nSPS) is 17.4. The maximum absolute atomic E-state index is 13.5. The Kier molecular flexibility index (Phi) is 14.6. The van der Waals surface area contributed by atoms with Crippen LogP contribution in [0.5, 0.6) is 5.75 Å². The third-order valence-electron chi connectivity index (χ3n) is 6.86. The minimum atomic E-state index is -5.14. The van der Waals surface area contributed by atoms with Crippen LogP contribution in [0.15, 0.2) is 27.9 Å². The lowest BCUT2D eigenvalue weighted by Crippen LogP contribution is -2.55. The number of aromatic amines is 1. The molecule has 0 radical (unpaired) electrons. The Morgan fingerprint density at radius 1 is 1.13 bits per heavy atom. The fourth-order valence-corrected chi connectivity index (χ4v) is 6.33. The number of rotatable bonds is 10. The molecule has 0 aliphatic carbocycles. The van der Waals surface area contributed by atoms with Gasteiger partial charge in [-0.2, -0.15) is 9.40 Å². The first-order valence-electron chi connectivity index (χ1n) is 14.7. The van der Waals surface area contributed by atoms with E-state index in [4.69, 9.17) is 50.0 Å². The first-order valence-corrected chi connectivity index (χ1v) is 17.6. The highest BCUT2D eigenvalue weighted by Gasteiger charge is 2.32. The number of nitrogens with two attached hydrogens (primary N) is 1. The van der Waals surface area contributed by atoms with E-state index in [0.717, 1.165) is 12.1 Å². The van der Waals surface area contributed by atoms with Crippen molar-refractivity contribution in [2.75, 3.05) is 39.5 Å². The number of nitrogens with zero attached hydrogens (tertiary/aromatic N) is 4. The molecule has 0 amide bonds. The standard InChI is InChI=1S/C23H32N6O4S.C4H11NO3.H3O4P/c1-6-8-18-20-21(28(5)27-18)23(30)26-22(25-20)17-11-16(9-10-19(17)33-7-2)34(31,32)29-12-14(3)24-15(4)13-29;5-4(1-6,2-7)3-8;1-5(2,3)4/h9-11,14-15,24H,6-8,12-13H2,1-5H3,(H,25,26,30);6-8H,1-3,5H2;(H3,1,2,3,4)/p-2/t14-,15+;;. The largest absolute Gasteiger partial charge is 0.790 e. The molecule has 20 heteroatoms. The zero-order chi connectivity index (χ0) is 35.7. The number of nitrogens with one attached hydrogen (secondary N) is 2. The molecule has 3 heterocycles. The fraction of sp³-hybridized carbons (Fsp3) is 0.593. The van der Waals surface area contributed by atoms with E-state index >= 15 is 0 Å². The number of hydrogen-bond acceptors (Lipinski definition) is 14. The average Bonchev–Trinajstić information content (AvgIpc) is 3.31. The second-order valence-electron chi connectivity index (χ2n) is 11.1. The van der Waals surface area contributed by atoms with Crippen molar-refractivity contribution in [3.05, 3.63) is 34.2 Å². The van der Waals surface area contributed by atoms with E-state index in [1.807, 2.05) is 27.7 Å². The molecule has 8 N–H and O–H groups in total. The Bertz CT molecular complexity index is 1660. The number of piperazine rings is 1. The topological polar surface area (TPSA) is 292 Å². The van der Waals surface area contributed by atoms with Gasteiger partial charge in [-0.3, -0.25) is 9.48 Å². The van der Waals surface area contributed by atoms with Crippen molar-refractivity contribution in [2.45, 2.75) is 63.1 Å². The molecule has 266 valence electrons. The molecule has 0 saturated carbocycles. The van der Waals surface area contributed by atoms with Gasteiger partial charge in [-0.1, -0.05) is 13.3 Å². The third kappa shape index (κ3) is 11.1. The summed E-state index contributed by atoms with van der Waals surface area (Å²) in [5.41, 5.74) is 5.66. The van der Waals surface area contributed by atoms with Gasteiger partial charge in [-0.15, -0.1) is 0 Å². The van der Waals surface area contributed by atoms with E-state index in [-0.39, 0.29) is 28.4 Å². The number of aryl methyl sites for hydroxylation is 2. The van der Waals surface area contributed by atoms with Crippen LogP contribution < -0.4 is 31.1 Å². The number of fused-ring (bicyclic) bond motifs is 1. The van der Waals surface area contributed by atoms with Crippen molar-refractivity contribution in [1.29, 1.82) is 0 Å². The molecule has 1 saturated heterocycles. The monoisotopic (exact) mass is 705 g/mol. The van der Waals surface area contributed by atoms with Crippen molar-refractivity contribution in [3.63, 3.8) is 0 Å². The zero-order valence-corrected chi connectivity index (χ0v) is 28.6. The van der Waals surface area contributed by atoms with Crippen molar-refractivity contribution in [1.82, 2.24) is 29.4 Å². The molecule has 4 rings (SSSR count). The van der Waals surface area contributed by atoms with Crippen LogP contribution in [0.2, 0.25) is 0 Å². The van der Waals surface area contributed by atoms with E-state index in [1.165, 1.54) is 15.1 Å². The van der Waals surface area contributed by atoms with Crippen molar-refractivity contribution >= 4 is 28.9 Å². The lowest BCUT2D eigenvalue weighted by Gasteiger charge is -2.35. The number of aromatic nitrogens is 4. The molecular formula is C27H44N7O11PS-2. The van der Waals surface area contributed by atoms with Crippen LogP contribution in [-0.2, 0) is 28.1 Å². The second-order valence-corrected chi connectivity index (χ2v) is 14.0. The van der Waals surface area contributed by atoms with Gasteiger partial charge in [0.25, 0.3) is 5.56 Å². The number of phosphoric acid groups is 1. The average molecular weight is 706 g/mol. The van der Waals surface area contributed by atoms with Crippen LogP contribution in [0.1, 0.15) is 39.8 Å². The molecule has 1 aliphatic heterocycles. The van der Waals surface area contributed by atoms with Crippen LogP contribution >= 0.6 is 7.82 Å². The van der Waals surface area contributed by atoms with Crippen LogP contribution in [0.25, 0.3) is 22.4 Å². The molecule has 47 heavy (non-hydrogen) atoms. The minimum absolute atomic E-state index is 0.0451. The number of benzene rings is 1. The van der Waals surface area contributed by atoms with Gasteiger partial charge in [0.1, 0.15) is 17.1 Å². The summed E-state index contributed by atoms with van der Waals surface area (Å²) < 4.78 is 44.5. The maximum Gasteiger partial charge on any atom is 0.277 e. The van der Waals surface area contributed by atoms with E-state index in [0.29, 0.717) is 48.5 Å². The Morgan fingerprint density at radius 3 is 2.15 bits per heavy atom. The van der Waals surface area contributed by atoms with Crippen LogP contribution in [0.3, 0.4) is 0 Å². The highest BCUT2D eigenvalue weighted by Crippen LogP contribution is 2.32. The summed E-state index contributed by atoms with van der Waals surface area (Å²) in [6.07, 6.45) is 1.54.